The maximum absolute atomic E-state index is 15.2. The third-order valence-electron chi connectivity index (χ3n) is 6.05. The summed E-state index contributed by atoms with van der Waals surface area (Å²) in [4.78, 5) is 0. The minimum Gasteiger partial charge on any atom is -0.618 e. The molecule has 0 saturated carbocycles. The summed E-state index contributed by atoms with van der Waals surface area (Å²) in [5.74, 6) is -1.39. The summed E-state index contributed by atoms with van der Waals surface area (Å²) in [6.45, 7) is -3.45. The topological polar surface area (TPSA) is 97.6 Å². The van der Waals surface area contributed by atoms with Gasteiger partial charge in [-0.05, 0) is 40.8 Å². The number of halogens is 6. The van der Waals surface area contributed by atoms with Crippen LogP contribution in [0.1, 0.15) is 18.2 Å². The third-order valence-corrected chi connectivity index (χ3v) is 6.66. The molecule has 0 aliphatic rings. The van der Waals surface area contributed by atoms with Crippen LogP contribution in [0.2, 0.25) is 10.0 Å². The molecule has 0 spiro atoms. The van der Waals surface area contributed by atoms with Gasteiger partial charge in [-0.15, -0.1) is 5.10 Å². The van der Waals surface area contributed by atoms with E-state index in [9.17, 15) is 18.4 Å². The Bertz CT molecular complexity index is 1630. The Morgan fingerprint density at radius 2 is 1.82 bits per heavy atom. The van der Waals surface area contributed by atoms with E-state index in [4.69, 9.17) is 23.2 Å². The molecule has 0 amide bonds. The Labute approximate surface area is 233 Å². The summed E-state index contributed by atoms with van der Waals surface area (Å²) in [5, 5.41) is 28.4. The van der Waals surface area contributed by atoms with Crippen molar-refractivity contribution >= 4 is 23.2 Å². The Morgan fingerprint density at radius 1 is 1.00 bits per heavy atom. The molecule has 206 valence electrons. The average molecular weight is 594 g/mol. The second kappa shape index (κ2) is 11.6. The molecule has 0 radical (unpaired) electrons. The van der Waals surface area contributed by atoms with Crippen LogP contribution in [0.4, 0.5) is 17.6 Å². The van der Waals surface area contributed by atoms with Gasteiger partial charge in [0.05, 0.1) is 39.7 Å². The predicted molar refractivity (Wildman–Crippen MR) is 136 cm³/mol. The number of nitrogens with zero attached hydrogens (tertiary/aromatic N) is 7. The minimum absolute atomic E-state index is 0.0379. The zero-order valence-electron chi connectivity index (χ0n) is 20.1. The number of ether oxygens (including phenoxy) is 1. The molecule has 5 aromatic rings. The van der Waals surface area contributed by atoms with E-state index < -0.39 is 30.9 Å². The van der Waals surface area contributed by atoms with Crippen molar-refractivity contribution in [1.29, 1.82) is 0 Å². The molecule has 9 nitrogen and oxygen atoms in total. The number of pyridine rings is 1. The highest BCUT2D eigenvalue weighted by atomic mass is 35.5. The highest BCUT2D eigenvalue weighted by Crippen LogP contribution is 2.34. The number of tetrazole rings is 1. The van der Waals surface area contributed by atoms with Crippen LogP contribution in [0.25, 0.3) is 27.9 Å². The van der Waals surface area contributed by atoms with Crippen molar-refractivity contribution in [3.05, 3.63) is 100.0 Å². The summed E-state index contributed by atoms with van der Waals surface area (Å²) < 4.78 is 62.5. The first kappa shape index (κ1) is 27.5. The van der Waals surface area contributed by atoms with Gasteiger partial charge >= 0.3 is 6.61 Å². The molecule has 0 saturated heterocycles. The van der Waals surface area contributed by atoms with Crippen LogP contribution < -0.4 is 4.73 Å². The number of hydrogen-bond donors (Lipinski definition) is 0. The molecule has 3 aromatic heterocycles. The zero-order chi connectivity index (χ0) is 28.4. The molecule has 0 unspecified atom stereocenters. The lowest BCUT2D eigenvalue weighted by molar-refractivity contribution is -0.615. The molecular weight excluding hydrogens is 577 g/mol. The van der Waals surface area contributed by atoms with Gasteiger partial charge < -0.3 is 9.94 Å². The first-order valence-electron chi connectivity index (χ1n) is 11.6. The first-order valence-corrected chi connectivity index (χ1v) is 12.3. The lowest BCUT2D eigenvalue weighted by Crippen LogP contribution is -2.36. The Balaban J connectivity index is 1.56. The standard InChI is InChI=1S/C25H17Cl2F4N7O2/c26-16-2-1-3-18(28)22(16)15-10-33-36(11-15)19(8-9-40-25(30)31)20-6-4-14(12-38(20)39)23-21(37-13-32-34-35-37)7-5-17(27)24(23)29/h1-7,10-13,19,25H,8-9H2/t19-/m1/s1. The number of alkyl halides is 2. The molecule has 40 heavy (non-hydrogen) atoms. The van der Waals surface area contributed by atoms with Crippen LogP contribution in [0.15, 0.2) is 67.4 Å². The second-order valence-electron chi connectivity index (χ2n) is 8.42. The van der Waals surface area contributed by atoms with E-state index >= 15 is 4.39 Å². The van der Waals surface area contributed by atoms with E-state index in [1.807, 2.05) is 0 Å². The molecule has 0 aliphatic carbocycles. The van der Waals surface area contributed by atoms with Crippen LogP contribution in [0.5, 0.6) is 0 Å². The number of hydrogen-bond acceptors (Lipinski definition) is 6. The molecule has 3 heterocycles. The van der Waals surface area contributed by atoms with Crippen LogP contribution in [0, 0.1) is 16.8 Å². The zero-order valence-corrected chi connectivity index (χ0v) is 21.6. The minimum atomic E-state index is -3.02. The molecule has 0 N–H and O–H groups in total. The summed E-state index contributed by atoms with van der Waals surface area (Å²) >= 11 is 12.2. The quantitative estimate of drug-likeness (QED) is 0.125. The fourth-order valence-electron chi connectivity index (χ4n) is 4.27. The van der Waals surface area contributed by atoms with E-state index in [0.29, 0.717) is 10.3 Å². The van der Waals surface area contributed by atoms with E-state index in [-0.39, 0.29) is 44.5 Å². The van der Waals surface area contributed by atoms with Gasteiger partial charge in [0.15, 0.2) is 12.0 Å². The van der Waals surface area contributed by atoms with Gasteiger partial charge in [-0.2, -0.15) is 23.3 Å². The van der Waals surface area contributed by atoms with Crippen molar-refractivity contribution < 1.29 is 27.0 Å². The van der Waals surface area contributed by atoms with E-state index in [1.165, 1.54) is 70.5 Å². The van der Waals surface area contributed by atoms with E-state index in [2.05, 4.69) is 25.4 Å². The molecule has 5 rings (SSSR count). The van der Waals surface area contributed by atoms with Crippen molar-refractivity contribution in [3.63, 3.8) is 0 Å². The highest BCUT2D eigenvalue weighted by Gasteiger charge is 2.27. The van der Waals surface area contributed by atoms with E-state index in [0.717, 1.165) is 6.20 Å². The maximum Gasteiger partial charge on any atom is 0.345 e. The van der Waals surface area contributed by atoms with Gasteiger partial charge in [0, 0.05) is 29.8 Å². The fraction of sp³-hybridized carbons (Fsp3) is 0.160. The largest absolute Gasteiger partial charge is 0.618 e. The van der Waals surface area contributed by atoms with Gasteiger partial charge in [0.2, 0.25) is 5.69 Å². The third kappa shape index (κ3) is 5.48. The van der Waals surface area contributed by atoms with Gasteiger partial charge in [0.25, 0.3) is 0 Å². The van der Waals surface area contributed by atoms with E-state index in [1.54, 1.807) is 0 Å². The lowest BCUT2D eigenvalue weighted by atomic mass is 10.0. The van der Waals surface area contributed by atoms with Crippen LogP contribution in [-0.4, -0.2) is 43.2 Å². The van der Waals surface area contributed by atoms with Crippen molar-refractivity contribution in [3.8, 4) is 27.9 Å². The van der Waals surface area contributed by atoms with Crippen molar-refractivity contribution in [1.82, 2.24) is 30.0 Å². The number of rotatable bonds is 9. The Morgan fingerprint density at radius 3 is 2.52 bits per heavy atom. The van der Waals surface area contributed by atoms with Crippen LogP contribution >= 0.6 is 23.2 Å². The van der Waals surface area contributed by atoms with Crippen LogP contribution in [0.3, 0.4) is 0 Å². The molecule has 0 aliphatic heterocycles. The Hall–Kier alpha value is -4.07. The van der Waals surface area contributed by atoms with Crippen LogP contribution in [-0.2, 0) is 4.74 Å². The maximum atomic E-state index is 15.2. The van der Waals surface area contributed by atoms with Crippen molar-refractivity contribution in [2.45, 2.75) is 19.1 Å². The Kier molecular flexibility index (Phi) is 7.96. The molecule has 15 heteroatoms. The fourth-order valence-corrected chi connectivity index (χ4v) is 4.70. The predicted octanol–water partition coefficient (Wildman–Crippen LogP) is 5.63. The number of benzene rings is 2. The summed E-state index contributed by atoms with van der Waals surface area (Å²) in [6.07, 6.45) is 5.05. The van der Waals surface area contributed by atoms with Gasteiger partial charge in [-0.3, -0.25) is 4.68 Å². The first-order chi connectivity index (χ1) is 19.2. The van der Waals surface area contributed by atoms with Gasteiger partial charge in [-0.1, -0.05) is 29.3 Å². The van der Waals surface area contributed by atoms with Crippen molar-refractivity contribution in [2.24, 2.45) is 0 Å². The summed E-state index contributed by atoms with van der Waals surface area (Å²) in [5.41, 5.74) is 0.802. The van der Waals surface area contributed by atoms with Gasteiger partial charge in [0.1, 0.15) is 18.2 Å². The SMILES string of the molecule is [O-][n+]1cc(-c2c(-n3cnnn3)ccc(Cl)c2F)ccc1[C@@H](CCOC(F)F)n1cc(-c2c(F)cccc2Cl)cn1. The molecule has 0 bridgehead atoms. The monoisotopic (exact) mass is 593 g/mol. The highest BCUT2D eigenvalue weighted by molar-refractivity contribution is 6.33. The summed E-state index contributed by atoms with van der Waals surface area (Å²) in [6, 6.07) is 8.95. The molecule has 2 aromatic carbocycles. The normalized spacial score (nSPS) is 12.3. The molecule has 0 fully saturated rings. The average Bonchev–Trinajstić information content (AvgIpc) is 3.61. The van der Waals surface area contributed by atoms with Gasteiger partial charge in [-0.25, -0.2) is 8.78 Å². The van der Waals surface area contributed by atoms with Crippen molar-refractivity contribution in [2.75, 3.05) is 6.61 Å². The summed E-state index contributed by atoms with van der Waals surface area (Å²) in [7, 11) is 0. The smallest absolute Gasteiger partial charge is 0.345 e. The second-order valence-corrected chi connectivity index (χ2v) is 9.23. The molecular formula is C25H17Cl2F4N7O2. The molecule has 1 atom stereocenters. The lowest BCUT2D eigenvalue weighted by Gasteiger charge is -2.18. The number of aromatic nitrogens is 7.